The number of aliphatic carboxylic acids is 4. The van der Waals surface area contributed by atoms with Gasteiger partial charge in [-0.1, -0.05) is 47.5 Å². The molecule has 16 heteroatoms. The summed E-state index contributed by atoms with van der Waals surface area (Å²) in [4.78, 5) is 63.9. The van der Waals surface area contributed by atoms with E-state index < -0.39 is 23.9 Å². The molecule has 0 saturated carbocycles. The summed E-state index contributed by atoms with van der Waals surface area (Å²) >= 11 is 0. The lowest BCUT2D eigenvalue weighted by molar-refractivity contribution is -0.139. The number of rotatable bonds is 8. The molecule has 1 aliphatic heterocycles. The number of phenolic OH excluding ortho intramolecular Hbond substituents is 2. The Morgan fingerprint density at radius 2 is 0.696 bits per heavy atom. The third kappa shape index (κ3) is 12.0. The molecule has 0 atom stereocenters. The fourth-order valence-electron chi connectivity index (χ4n) is 7.08. The highest BCUT2D eigenvalue weighted by Crippen LogP contribution is 2.30. The third-order valence-corrected chi connectivity index (χ3v) is 9.11. The molecule has 56 heavy (non-hydrogen) atoms. The Kier molecular flexibility index (Phi) is 13.7. The van der Waals surface area contributed by atoms with Crippen molar-refractivity contribution in [1.29, 1.82) is 0 Å². The number of aromatic hydroxyl groups is 2. The van der Waals surface area contributed by atoms with Crippen molar-refractivity contribution in [2.45, 2.75) is 66.2 Å². The van der Waals surface area contributed by atoms with Gasteiger partial charge in [-0.2, -0.15) is 0 Å². The van der Waals surface area contributed by atoms with E-state index in [2.05, 4.69) is 0 Å². The van der Waals surface area contributed by atoms with Crippen LogP contribution in [0.5, 0.6) is 11.5 Å². The number of aryl methyl sites for hydroxylation is 2. The van der Waals surface area contributed by atoms with E-state index in [-0.39, 0.29) is 90.0 Å². The molecule has 0 spiro atoms. The first-order valence-corrected chi connectivity index (χ1v) is 17.9. The molecule has 16 nitrogen and oxygen atoms in total. The van der Waals surface area contributed by atoms with E-state index >= 15 is 0 Å². The number of hydrogen-bond donors (Lipinski definition) is 6. The molecule has 2 aromatic carbocycles. The van der Waals surface area contributed by atoms with Crippen molar-refractivity contribution in [3.05, 3.63) is 117 Å². The number of hydrogen-bond acceptors (Lipinski definition) is 12. The van der Waals surface area contributed by atoms with Gasteiger partial charge in [-0.15, -0.1) is 0 Å². The van der Waals surface area contributed by atoms with Crippen LogP contribution in [0.2, 0.25) is 0 Å². The Balaban J connectivity index is 1.60. The van der Waals surface area contributed by atoms with Crippen LogP contribution in [0.25, 0.3) is 0 Å². The van der Waals surface area contributed by atoms with Crippen LogP contribution in [0.3, 0.4) is 0 Å². The minimum absolute atomic E-state index is 0.0220. The number of fused-ring (bicyclic) bond motifs is 8. The second-order valence-corrected chi connectivity index (χ2v) is 14.3. The van der Waals surface area contributed by atoms with Gasteiger partial charge in [0.25, 0.3) is 0 Å². The number of carbonyl (C=O) groups is 4. The molecule has 0 aliphatic carbocycles. The summed E-state index contributed by atoms with van der Waals surface area (Å²) < 4.78 is 0. The monoisotopic (exact) mass is 770 g/mol. The molecule has 5 rings (SSSR count). The lowest BCUT2D eigenvalue weighted by atomic mass is 10.0. The number of pyridine rings is 2. The lowest BCUT2D eigenvalue weighted by Gasteiger charge is -2.26. The van der Waals surface area contributed by atoms with Gasteiger partial charge in [0.1, 0.15) is 11.5 Å². The molecule has 0 unspecified atom stereocenters. The number of aromatic nitrogens is 2. The molecule has 296 valence electrons. The molecule has 8 bridgehead atoms. The van der Waals surface area contributed by atoms with Gasteiger partial charge in [-0.05, 0) is 38.1 Å². The quantitative estimate of drug-likeness (QED) is 0.151. The SMILES string of the molecule is Cc1cc2c(O)c(c1)CN(CC(=O)O)Cc1cccc(n1)CN(CC(=O)O)Cc1cc(C)cc(c1O)CN(CC(=O)O)Cc1cccc(n1)CN(CC(=O)O)C2. The second kappa shape index (κ2) is 18.6. The summed E-state index contributed by atoms with van der Waals surface area (Å²) in [5, 5.41) is 62.3. The van der Waals surface area contributed by atoms with E-state index in [9.17, 15) is 49.8 Å². The van der Waals surface area contributed by atoms with Gasteiger partial charge in [0, 0.05) is 74.6 Å². The standard InChI is InChI=1S/C40H46N6O10/c1-25-9-27-13-43(21-35(47)48)17-31-5-3-7-33(41-31)19-45(23-37(51)52)15-29-11-26(2)12-30(40(29)56)16-46(24-38(53)54)20-34-8-4-6-32(42-34)18-44(22-36(49)50)14-28(10-25)39(27)55/h3-12,55-56H,13-24H2,1-2H3,(H,47,48)(H,49,50)(H,51,52)(H,53,54). The van der Waals surface area contributed by atoms with E-state index in [1.165, 1.54) is 0 Å². The van der Waals surface area contributed by atoms with Crippen molar-refractivity contribution in [3.63, 3.8) is 0 Å². The molecule has 4 aromatic rings. The summed E-state index contributed by atoms with van der Waals surface area (Å²) in [5.41, 5.74) is 5.29. The molecule has 1 aliphatic rings. The highest BCUT2D eigenvalue weighted by Gasteiger charge is 2.23. The van der Waals surface area contributed by atoms with Crippen LogP contribution in [0, 0.1) is 13.8 Å². The molecule has 6 N–H and O–H groups in total. The van der Waals surface area contributed by atoms with Crippen molar-refractivity contribution in [2.24, 2.45) is 0 Å². The van der Waals surface area contributed by atoms with Gasteiger partial charge in [0.05, 0.1) is 49.0 Å². The Bertz CT molecular complexity index is 1820. The Morgan fingerprint density at radius 1 is 0.464 bits per heavy atom. The van der Waals surface area contributed by atoms with Crippen LogP contribution in [0.4, 0.5) is 0 Å². The fourth-order valence-corrected chi connectivity index (χ4v) is 7.08. The van der Waals surface area contributed by atoms with E-state index in [4.69, 9.17) is 9.97 Å². The van der Waals surface area contributed by atoms with Crippen molar-refractivity contribution < 1.29 is 49.8 Å². The average Bonchev–Trinajstić information content (AvgIpc) is 3.07. The predicted octanol–water partition coefficient (Wildman–Crippen LogP) is 3.17. The maximum absolute atomic E-state index is 12.0. The molecule has 3 heterocycles. The highest BCUT2D eigenvalue weighted by atomic mass is 16.4. The number of benzene rings is 2. The predicted molar refractivity (Wildman–Crippen MR) is 201 cm³/mol. The molecule has 0 saturated heterocycles. The molecular weight excluding hydrogens is 724 g/mol. The molecule has 0 radical (unpaired) electrons. The number of phenols is 2. The summed E-state index contributed by atoms with van der Waals surface area (Å²) in [7, 11) is 0. The molecular formula is C40H46N6O10. The number of carboxylic acids is 4. The topological polar surface area (TPSA) is 228 Å². The first-order valence-electron chi connectivity index (χ1n) is 17.9. The van der Waals surface area contributed by atoms with Gasteiger partial charge in [0.15, 0.2) is 0 Å². The van der Waals surface area contributed by atoms with E-state index in [1.807, 2.05) is 13.8 Å². The molecule has 0 amide bonds. The Labute approximate surface area is 323 Å². The van der Waals surface area contributed by atoms with Crippen molar-refractivity contribution >= 4 is 23.9 Å². The summed E-state index contributed by atoms with van der Waals surface area (Å²) in [6.45, 7) is 2.49. The van der Waals surface area contributed by atoms with Gasteiger partial charge >= 0.3 is 23.9 Å². The third-order valence-electron chi connectivity index (χ3n) is 9.11. The van der Waals surface area contributed by atoms with Crippen LogP contribution in [0.15, 0.2) is 60.7 Å². The van der Waals surface area contributed by atoms with E-state index in [0.29, 0.717) is 45.0 Å². The largest absolute Gasteiger partial charge is 0.507 e. The van der Waals surface area contributed by atoms with Crippen molar-refractivity contribution in [2.75, 3.05) is 26.2 Å². The van der Waals surface area contributed by atoms with E-state index in [0.717, 1.165) is 11.1 Å². The number of carboxylic acid groups (broad SMARTS) is 4. The Morgan fingerprint density at radius 3 is 0.911 bits per heavy atom. The minimum atomic E-state index is -1.10. The van der Waals surface area contributed by atoms with Crippen molar-refractivity contribution in [3.8, 4) is 11.5 Å². The van der Waals surface area contributed by atoms with Crippen LogP contribution in [-0.2, 0) is 71.5 Å². The van der Waals surface area contributed by atoms with Gasteiger partial charge in [-0.25, -0.2) is 0 Å². The maximum Gasteiger partial charge on any atom is 0.317 e. The maximum atomic E-state index is 12.0. The molecule has 2 aromatic heterocycles. The zero-order valence-corrected chi connectivity index (χ0v) is 31.3. The number of nitrogens with zero attached hydrogens (tertiary/aromatic N) is 6. The molecule has 0 fully saturated rings. The van der Waals surface area contributed by atoms with Gasteiger partial charge < -0.3 is 30.6 Å². The normalized spacial score (nSPS) is 15.5. The first kappa shape index (κ1) is 41.2. The van der Waals surface area contributed by atoms with Crippen molar-refractivity contribution in [1.82, 2.24) is 29.6 Å². The minimum Gasteiger partial charge on any atom is -0.507 e. The zero-order chi connectivity index (χ0) is 40.5. The smallest absolute Gasteiger partial charge is 0.317 e. The first-order chi connectivity index (χ1) is 26.6. The van der Waals surface area contributed by atoms with Crippen LogP contribution in [-0.4, -0.2) is 110 Å². The van der Waals surface area contributed by atoms with Gasteiger partial charge in [-0.3, -0.25) is 48.7 Å². The van der Waals surface area contributed by atoms with E-state index in [1.54, 1.807) is 80.3 Å². The summed E-state index contributed by atoms with van der Waals surface area (Å²) in [6.07, 6.45) is 0. The second-order valence-electron chi connectivity index (χ2n) is 14.3. The highest BCUT2D eigenvalue weighted by molar-refractivity contribution is 5.70. The van der Waals surface area contributed by atoms with Gasteiger partial charge in [0.2, 0.25) is 0 Å². The fraction of sp³-hybridized carbons (Fsp3) is 0.350. The summed E-state index contributed by atoms with van der Waals surface area (Å²) in [6, 6.07) is 17.3. The van der Waals surface area contributed by atoms with Crippen LogP contribution in [0.1, 0.15) is 56.2 Å². The lowest BCUT2D eigenvalue weighted by Crippen LogP contribution is -2.32. The zero-order valence-electron chi connectivity index (χ0n) is 31.3. The summed E-state index contributed by atoms with van der Waals surface area (Å²) in [5.74, 6) is -4.59. The van der Waals surface area contributed by atoms with Crippen LogP contribution >= 0.6 is 0 Å². The van der Waals surface area contributed by atoms with Crippen LogP contribution < -0.4 is 0 Å². The Hall–Kier alpha value is -5.94. The average molecular weight is 771 g/mol.